The van der Waals surface area contributed by atoms with Crippen LogP contribution in [0.4, 0.5) is 0 Å². The minimum Gasteiger partial charge on any atom is -0.481 e. The molecule has 3 N–H and O–H groups in total. The Balaban J connectivity index is 2.78. The number of hydrogen-bond donors (Lipinski definition) is 3. The molecule has 6 nitrogen and oxygen atoms in total. The molecule has 6 heteroatoms. The standard InChI is InChI=1S/C13H19NO5/c1-7(2)10(13(18)19)14-11(15)8-5-3-4-6-9(8)12(16)17/h3-4,7-10H,5-6H2,1-2H3,(H,14,15)(H,16,17)(H,18,19). The van der Waals surface area contributed by atoms with Crippen molar-refractivity contribution in [2.45, 2.75) is 32.7 Å². The highest BCUT2D eigenvalue weighted by molar-refractivity contribution is 5.88. The fourth-order valence-corrected chi connectivity index (χ4v) is 2.15. The van der Waals surface area contributed by atoms with Crippen molar-refractivity contribution in [2.75, 3.05) is 0 Å². The van der Waals surface area contributed by atoms with Gasteiger partial charge in [-0.3, -0.25) is 9.59 Å². The lowest BCUT2D eigenvalue weighted by molar-refractivity contribution is -0.148. The van der Waals surface area contributed by atoms with Crippen LogP contribution in [0.5, 0.6) is 0 Å². The van der Waals surface area contributed by atoms with E-state index in [0.29, 0.717) is 12.8 Å². The monoisotopic (exact) mass is 269 g/mol. The van der Waals surface area contributed by atoms with E-state index < -0.39 is 35.7 Å². The van der Waals surface area contributed by atoms with Gasteiger partial charge < -0.3 is 15.5 Å². The van der Waals surface area contributed by atoms with Crippen molar-refractivity contribution in [1.29, 1.82) is 0 Å². The quantitative estimate of drug-likeness (QED) is 0.643. The Kier molecular flexibility index (Phi) is 5.09. The predicted molar refractivity (Wildman–Crippen MR) is 67.4 cm³/mol. The number of allylic oxidation sites excluding steroid dienone is 2. The Bertz CT molecular complexity index is 402. The molecule has 0 aromatic carbocycles. The van der Waals surface area contributed by atoms with Crippen molar-refractivity contribution in [3.63, 3.8) is 0 Å². The number of rotatable bonds is 5. The summed E-state index contributed by atoms with van der Waals surface area (Å²) in [7, 11) is 0. The second-order valence-corrected chi connectivity index (χ2v) is 5.06. The van der Waals surface area contributed by atoms with Crippen molar-refractivity contribution in [2.24, 2.45) is 17.8 Å². The molecule has 0 aliphatic heterocycles. The van der Waals surface area contributed by atoms with Gasteiger partial charge in [-0.2, -0.15) is 0 Å². The zero-order chi connectivity index (χ0) is 14.6. The van der Waals surface area contributed by atoms with Gasteiger partial charge in [-0.15, -0.1) is 0 Å². The van der Waals surface area contributed by atoms with Gasteiger partial charge in [-0.05, 0) is 18.8 Å². The molecule has 0 heterocycles. The van der Waals surface area contributed by atoms with Crippen LogP contribution in [0.1, 0.15) is 26.7 Å². The number of carboxylic acid groups (broad SMARTS) is 2. The molecule has 1 rings (SSSR count). The van der Waals surface area contributed by atoms with E-state index in [0.717, 1.165) is 0 Å². The van der Waals surface area contributed by atoms with Crippen LogP contribution in [-0.4, -0.2) is 34.1 Å². The summed E-state index contributed by atoms with van der Waals surface area (Å²) in [4.78, 5) is 34.2. The van der Waals surface area contributed by atoms with Crippen molar-refractivity contribution in [3.8, 4) is 0 Å². The fourth-order valence-electron chi connectivity index (χ4n) is 2.15. The first kappa shape index (κ1) is 15.2. The van der Waals surface area contributed by atoms with E-state index in [2.05, 4.69) is 5.32 Å². The van der Waals surface area contributed by atoms with Gasteiger partial charge in [0.05, 0.1) is 11.8 Å². The van der Waals surface area contributed by atoms with Gasteiger partial charge in [0.15, 0.2) is 0 Å². The van der Waals surface area contributed by atoms with Gasteiger partial charge in [0, 0.05) is 0 Å². The molecule has 1 aliphatic carbocycles. The highest BCUT2D eigenvalue weighted by atomic mass is 16.4. The van der Waals surface area contributed by atoms with Crippen molar-refractivity contribution >= 4 is 17.8 Å². The Hall–Kier alpha value is -1.85. The molecule has 106 valence electrons. The Labute approximate surface area is 111 Å². The van der Waals surface area contributed by atoms with E-state index in [1.54, 1.807) is 26.0 Å². The summed E-state index contributed by atoms with van der Waals surface area (Å²) < 4.78 is 0. The SMILES string of the molecule is CC(C)C(NC(=O)C1CC=CCC1C(=O)O)C(=O)O. The van der Waals surface area contributed by atoms with E-state index in [1.807, 2.05) is 0 Å². The second kappa shape index (κ2) is 6.36. The Morgan fingerprint density at radius 3 is 2.05 bits per heavy atom. The van der Waals surface area contributed by atoms with Crippen LogP contribution in [-0.2, 0) is 14.4 Å². The lowest BCUT2D eigenvalue weighted by Gasteiger charge is -2.27. The number of hydrogen-bond acceptors (Lipinski definition) is 3. The van der Waals surface area contributed by atoms with Gasteiger partial charge in [-0.1, -0.05) is 26.0 Å². The average molecular weight is 269 g/mol. The Morgan fingerprint density at radius 2 is 1.63 bits per heavy atom. The minimum absolute atomic E-state index is 0.260. The van der Waals surface area contributed by atoms with E-state index >= 15 is 0 Å². The van der Waals surface area contributed by atoms with E-state index in [-0.39, 0.29) is 5.92 Å². The summed E-state index contributed by atoms with van der Waals surface area (Å²) in [5, 5.41) is 20.5. The molecule has 1 aliphatic rings. The number of carbonyl (C=O) groups excluding carboxylic acids is 1. The molecule has 1 amide bonds. The largest absolute Gasteiger partial charge is 0.481 e. The van der Waals surface area contributed by atoms with Crippen LogP contribution in [0.3, 0.4) is 0 Å². The molecule has 0 aromatic rings. The molecule has 0 spiro atoms. The normalized spacial score (nSPS) is 23.9. The zero-order valence-corrected chi connectivity index (χ0v) is 11.0. The van der Waals surface area contributed by atoms with E-state index in [9.17, 15) is 14.4 Å². The Morgan fingerprint density at radius 1 is 1.11 bits per heavy atom. The highest BCUT2D eigenvalue weighted by Gasteiger charge is 2.36. The minimum atomic E-state index is -1.11. The number of carboxylic acids is 2. The molecular weight excluding hydrogens is 250 g/mol. The molecule has 3 atom stereocenters. The number of aliphatic carboxylic acids is 2. The fraction of sp³-hybridized carbons (Fsp3) is 0.615. The summed E-state index contributed by atoms with van der Waals surface area (Å²) in [5.74, 6) is -4.39. The molecule has 3 unspecified atom stereocenters. The molecule has 0 saturated carbocycles. The van der Waals surface area contributed by atoms with Crippen molar-refractivity contribution < 1.29 is 24.6 Å². The van der Waals surface area contributed by atoms with E-state index in [1.165, 1.54) is 0 Å². The maximum Gasteiger partial charge on any atom is 0.326 e. The summed E-state index contributed by atoms with van der Waals surface area (Å²) in [5.41, 5.74) is 0. The summed E-state index contributed by atoms with van der Waals surface area (Å²) in [6, 6.07) is -0.993. The maximum absolute atomic E-state index is 12.1. The summed E-state index contributed by atoms with van der Waals surface area (Å²) in [6.07, 6.45) is 4.12. The van der Waals surface area contributed by atoms with Crippen LogP contribution in [0.15, 0.2) is 12.2 Å². The first-order valence-electron chi connectivity index (χ1n) is 6.25. The molecular formula is C13H19NO5. The van der Waals surface area contributed by atoms with Gasteiger partial charge in [-0.25, -0.2) is 4.79 Å². The van der Waals surface area contributed by atoms with Gasteiger partial charge in [0.2, 0.25) is 5.91 Å². The number of nitrogens with one attached hydrogen (secondary N) is 1. The van der Waals surface area contributed by atoms with Gasteiger partial charge >= 0.3 is 11.9 Å². The lowest BCUT2D eigenvalue weighted by atomic mass is 9.82. The first-order chi connectivity index (χ1) is 8.84. The average Bonchev–Trinajstić information content (AvgIpc) is 2.34. The number of amides is 1. The van der Waals surface area contributed by atoms with E-state index in [4.69, 9.17) is 10.2 Å². The van der Waals surface area contributed by atoms with Gasteiger partial charge in [0.1, 0.15) is 6.04 Å². The molecule has 0 bridgehead atoms. The third-order valence-electron chi connectivity index (χ3n) is 3.32. The predicted octanol–water partition coefficient (Wildman–Crippen LogP) is 0.879. The van der Waals surface area contributed by atoms with Crippen LogP contribution in [0.25, 0.3) is 0 Å². The topological polar surface area (TPSA) is 104 Å². The van der Waals surface area contributed by atoms with Gasteiger partial charge in [0.25, 0.3) is 0 Å². The smallest absolute Gasteiger partial charge is 0.326 e. The zero-order valence-electron chi connectivity index (χ0n) is 11.0. The molecule has 0 aromatic heterocycles. The number of carbonyl (C=O) groups is 3. The maximum atomic E-state index is 12.1. The second-order valence-electron chi connectivity index (χ2n) is 5.06. The molecule has 0 radical (unpaired) electrons. The summed E-state index contributed by atoms with van der Waals surface area (Å²) in [6.45, 7) is 3.38. The van der Waals surface area contributed by atoms with Crippen LogP contribution in [0.2, 0.25) is 0 Å². The third-order valence-corrected chi connectivity index (χ3v) is 3.32. The molecule has 0 fully saturated rings. The van der Waals surface area contributed by atoms with Crippen molar-refractivity contribution in [3.05, 3.63) is 12.2 Å². The highest BCUT2D eigenvalue weighted by Crippen LogP contribution is 2.26. The molecule has 19 heavy (non-hydrogen) atoms. The lowest BCUT2D eigenvalue weighted by Crippen LogP contribution is -2.48. The third kappa shape index (κ3) is 3.81. The van der Waals surface area contributed by atoms with Crippen LogP contribution < -0.4 is 5.32 Å². The van der Waals surface area contributed by atoms with Crippen LogP contribution in [0, 0.1) is 17.8 Å². The molecule has 0 saturated heterocycles. The summed E-state index contributed by atoms with van der Waals surface area (Å²) >= 11 is 0. The first-order valence-corrected chi connectivity index (χ1v) is 6.25. The van der Waals surface area contributed by atoms with Crippen molar-refractivity contribution in [1.82, 2.24) is 5.32 Å². The van der Waals surface area contributed by atoms with Crippen LogP contribution >= 0.6 is 0 Å².